The number of carbonyl (C=O) groups excluding carboxylic acids is 1. The number of halogens is 1. The fourth-order valence-corrected chi connectivity index (χ4v) is 2.32. The average molecular weight is 222 g/mol. The van der Waals surface area contributed by atoms with E-state index in [1.165, 1.54) is 6.33 Å². The van der Waals surface area contributed by atoms with E-state index in [0.717, 1.165) is 28.7 Å². The second kappa shape index (κ2) is 3.03. The Kier molecular flexibility index (Phi) is 1.79. The lowest BCUT2D eigenvalue weighted by molar-refractivity contribution is -0.118. The second-order valence-electron chi connectivity index (χ2n) is 3.69. The molecular weight excluding hydrogens is 214 g/mol. The van der Waals surface area contributed by atoms with E-state index in [1.807, 2.05) is 0 Å². The van der Waals surface area contributed by atoms with Crippen molar-refractivity contribution in [1.29, 1.82) is 0 Å². The number of aromatic amines is 1. The van der Waals surface area contributed by atoms with Crippen molar-refractivity contribution in [2.45, 2.75) is 19.3 Å². The molecule has 0 bridgehead atoms. The summed E-state index contributed by atoms with van der Waals surface area (Å²) < 4.78 is 0. The average Bonchev–Trinajstić information content (AvgIpc) is 2.56. The van der Waals surface area contributed by atoms with Crippen molar-refractivity contribution in [1.82, 2.24) is 15.0 Å². The molecule has 0 aromatic carbocycles. The zero-order valence-electron chi connectivity index (χ0n) is 7.88. The lowest BCUT2D eigenvalue weighted by Gasteiger charge is -2.09. The van der Waals surface area contributed by atoms with E-state index in [4.69, 9.17) is 11.6 Å². The molecule has 5 heteroatoms. The van der Waals surface area contributed by atoms with E-state index in [1.54, 1.807) is 0 Å². The van der Waals surface area contributed by atoms with Crippen molar-refractivity contribution in [3.8, 4) is 0 Å². The van der Waals surface area contributed by atoms with Crippen molar-refractivity contribution in [3.63, 3.8) is 0 Å². The number of rotatable bonds is 0. The number of hydrogen-bond donors (Lipinski definition) is 1. The molecule has 0 unspecified atom stereocenters. The number of fused-ring (bicyclic) bond motifs is 3. The molecule has 0 saturated carbocycles. The summed E-state index contributed by atoms with van der Waals surface area (Å²) in [6.45, 7) is 0. The molecule has 4 nitrogen and oxygen atoms in total. The van der Waals surface area contributed by atoms with Crippen LogP contribution in [0.25, 0.3) is 11.0 Å². The van der Waals surface area contributed by atoms with Crippen molar-refractivity contribution >= 4 is 28.4 Å². The van der Waals surface area contributed by atoms with Gasteiger partial charge in [-0.05, 0) is 12.0 Å². The highest BCUT2D eigenvalue weighted by Gasteiger charge is 2.22. The van der Waals surface area contributed by atoms with Crippen LogP contribution in [0.5, 0.6) is 0 Å². The zero-order valence-corrected chi connectivity index (χ0v) is 8.64. The number of nitrogens with one attached hydrogen (secondary N) is 1. The van der Waals surface area contributed by atoms with E-state index in [-0.39, 0.29) is 5.78 Å². The Hall–Kier alpha value is -1.42. The predicted molar refractivity (Wildman–Crippen MR) is 55.9 cm³/mol. The maximum atomic E-state index is 11.3. The van der Waals surface area contributed by atoms with Gasteiger partial charge in [0.1, 0.15) is 22.9 Å². The van der Waals surface area contributed by atoms with Crippen LogP contribution < -0.4 is 0 Å². The summed E-state index contributed by atoms with van der Waals surface area (Å²) in [7, 11) is 0. The van der Waals surface area contributed by atoms with Crippen molar-refractivity contribution < 1.29 is 4.79 Å². The third-order valence-electron chi connectivity index (χ3n) is 2.76. The maximum Gasteiger partial charge on any atom is 0.142 e. The van der Waals surface area contributed by atoms with E-state index in [2.05, 4.69) is 15.0 Å². The summed E-state index contributed by atoms with van der Waals surface area (Å²) in [5.41, 5.74) is 2.79. The van der Waals surface area contributed by atoms with Gasteiger partial charge in [-0.1, -0.05) is 11.6 Å². The first-order chi connectivity index (χ1) is 7.25. The highest BCUT2D eigenvalue weighted by molar-refractivity contribution is 6.34. The number of H-pyrrole nitrogens is 1. The molecule has 0 saturated heterocycles. The Labute approximate surface area is 90.7 Å². The van der Waals surface area contributed by atoms with E-state index in [9.17, 15) is 4.79 Å². The number of hydrogen-bond acceptors (Lipinski definition) is 3. The Morgan fingerprint density at radius 2 is 2.20 bits per heavy atom. The first-order valence-corrected chi connectivity index (χ1v) is 5.15. The van der Waals surface area contributed by atoms with Gasteiger partial charge >= 0.3 is 0 Å². The molecule has 2 aromatic heterocycles. The lowest BCUT2D eigenvalue weighted by Crippen LogP contribution is -2.12. The van der Waals surface area contributed by atoms with Gasteiger partial charge in [-0.2, -0.15) is 0 Å². The summed E-state index contributed by atoms with van der Waals surface area (Å²) in [5.74, 6) is 0.262. The minimum atomic E-state index is 0.262. The van der Waals surface area contributed by atoms with Gasteiger partial charge < -0.3 is 4.98 Å². The monoisotopic (exact) mass is 221 g/mol. The number of carbonyl (C=O) groups is 1. The topological polar surface area (TPSA) is 58.6 Å². The zero-order chi connectivity index (χ0) is 10.4. The number of aromatic nitrogens is 3. The fourth-order valence-electron chi connectivity index (χ4n) is 2.07. The van der Waals surface area contributed by atoms with Gasteiger partial charge in [0.15, 0.2) is 0 Å². The third-order valence-corrected chi connectivity index (χ3v) is 3.05. The van der Waals surface area contributed by atoms with Crippen LogP contribution in [-0.2, 0) is 17.6 Å². The molecule has 1 aliphatic carbocycles. The summed E-state index contributed by atoms with van der Waals surface area (Å²) in [6, 6.07) is 0. The molecule has 0 spiro atoms. The molecule has 1 aliphatic rings. The SMILES string of the molecule is O=C1CCc2c([nH]c3ncnc(Cl)c23)C1. The molecular formula is C10H8ClN3O. The largest absolute Gasteiger partial charge is 0.342 e. The lowest BCUT2D eigenvalue weighted by atomic mass is 9.95. The summed E-state index contributed by atoms with van der Waals surface area (Å²) >= 11 is 6.02. The Bertz CT molecular complexity index is 561. The molecule has 3 rings (SSSR count). The van der Waals surface area contributed by atoms with Gasteiger partial charge in [0.2, 0.25) is 0 Å². The highest BCUT2D eigenvalue weighted by Crippen LogP contribution is 2.30. The molecule has 2 heterocycles. The smallest absolute Gasteiger partial charge is 0.142 e. The number of aryl methyl sites for hydroxylation is 1. The number of Topliss-reactive ketones (excluding diaryl/α,β-unsaturated/α-hetero) is 1. The van der Waals surface area contributed by atoms with Gasteiger partial charge in [0.25, 0.3) is 0 Å². The van der Waals surface area contributed by atoms with Gasteiger partial charge in [-0.25, -0.2) is 9.97 Å². The molecule has 0 fully saturated rings. The first kappa shape index (κ1) is 8.85. The summed E-state index contributed by atoms with van der Waals surface area (Å²) in [4.78, 5) is 22.5. The maximum absolute atomic E-state index is 11.3. The van der Waals surface area contributed by atoms with Crippen LogP contribution in [0.1, 0.15) is 17.7 Å². The molecule has 15 heavy (non-hydrogen) atoms. The van der Waals surface area contributed by atoms with Crippen molar-refractivity contribution in [3.05, 3.63) is 22.7 Å². The van der Waals surface area contributed by atoms with Gasteiger partial charge in [0.05, 0.1) is 5.39 Å². The molecule has 2 aromatic rings. The van der Waals surface area contributed by atoms with Gasteiger partial charge in [-0.15, -0.1) is 0 Å². The molecule has 0 amide bonds. The second-order valence-corrected chi connectivity index (χ2v) is 4.04. The van der Waals surface area contributed by atoms with Crippen LogP contribution in [0.2, 0.25) is 5.15 Å². The van der Waals surface area contributed by atoms with Crippen LogP contribution >= 0.6 is 11.6 Å². The third kappa shape index (κ3) is 1.25. The van der Waals surface area contributed by atoms with Crippen LogP contribution in [0.15, 0.2) is 6.33 Å². The van der Waals surface area contributed by atoms with E-state index >= 15 is 0 Å². The molecule has 1 N–H and O–H groups in total. The normalized spacial score (nSPS) is 15.7. The summed E-state index contributed by atoms with van der Waals surface area (Å²) in [5, 5.41) is 1.34. The fraction of sp³-hybridized carbons (Fsp3) is 0.300. The first-order valence-electron chi connectivity index (χ1n) is 4.77. The van der Waals surface area contributed by atoms with Gasteiger partial charge in [0, 0.05) is 18.5 Å². The molecule has 0 aliphatic heterocycles. The standard InChI is InChI=1S/C10H8ClN3O/c11-9-8-6-2-1-5(15)3-7(6)14-10(8)13-4-12-9/h4H,1-3H2,(H,12,13,14). The minimum absolute atomic E-state index is 0.262. The highest BCUT2D eigenvalue weighted by atomic mass is 35.5. The molecule has 0 radical (unpaired) electrons. The minimum Gasteiger partial charge on any atom is -0.342 e. The van der Waals surface area contributed by atoms with Crippen LogP contribution in [-0.4, -0.2) is 20.7 Å². The molecule has 0 atom stereocenters. The van der Waals surface area contributed by atoms with E-state index in [0.29, 0.717) is 18.0 Å². The number of nitrogens with zero attached hydrogens (tertiary/aromatic N) is 2. The Morgan fingerprint density at radius 1 is 1.33 bits per heavy atom. The van der Waals surface area contributed by atoms with E-state index < -0.39 is 0 Å². The van der Waals surface area contributed by atoms with Crippen LogP contribution in [0, 0.1) is 0 Å². The molecule has 76 valence electrons. The van der Waals surface area contributed by atoms with Crippen molar-refractivity contribution in [2.75, 3.05) is 0 Å². The Morgan fingerprint density at radius 3 is 3.07 bits per heavy atom. The quantitative estimate of drug-likeness (QED) is 0.689. The van der Waals surface area contributed by atoms with Gasteiger partial charge in [-0.3, -0.25) is 4.79 Å². The predicted octanol–water partition coefficient (Wildman–Crippen LogP) is 1.67. The summed E-state index contributed by atoms with van der Waals surface area (Å²) in [6.07, 6.45) is 3.21. The van der Waals surface area contributed by atoms with Crippen molar-refractivity contribution in [2.24, 2.45) is 0 Å². The van der Waals surface area contributed by atoms with Crippen LogP contribution in [0.3, 0.4) is 0 Å². The Balaban J connectivity index is 2.33. The van der Waals surface area contributed by atoms with Crippen LogP contribution in [0.4, 0.5) is 0 Å². The number of ketones is 1.